The summed E-state index contributed by atoms with van der Waals surface area (Å²) in [5.74, 6) is -0.656. The molecule has 6 nitrogen and oxygen atoms in total. The molecule has 2 aromatic carbocycles. The average Bonchev–Trinajstić information content (AvgIpc) is 3.06. The third-order valence-electron chi connectivity index (χ3n) is 5.13. The number of hydrogen-bond donors (Lipinski definition) is 1. The van der Waals surface area contributed by atoms with Crippen molar-refractivity contribution in [3.05, 3.63) is 97.4 Å². The molecule has 7 heteroatoms. The molecular formula is C24H20N2O4S. The number of fused-ring (bicyclic) bond motifs is 1. The average molecular weight is 433 g/mol. The van der Waals surface area contributed by atoms with Gasteiger partial charge in [0.05, 0.1) is 10.9 Å². The number of ether oxygens (including phenoxy) is 1. The highest BCUT2D eigenvalue weighted by molar-refractivity contribution is 7.18. The number of hydrogen-bond acceptors (Lipinski definition) is 6. The monoisotopic (exact) mass is 432 g/mol. The van der Waals surface area contributed by atoms with Gasteiger partial charge in [-0.05, 0) is 32.4 Å². The van der Waals surface area contributed by atoms with Gasteiger partial charge < -0.3 is 9.72 Å². The lowest BCUT2D eigenvalue weighted by atomic mass is 9.98. The number of aryl methyl sites for hydroxylation is 3. The minimum atomic E-state index is -0.655. The molecular weight excluding hydrogens is 412 g/mol. The number of ketones is 1. The van der Waals surface area contributed by atoms with Crippen LogP contribution in [0, 0.1) is 20.8 Å². The molecule has 4 aromatic rings. The predicted octanol–water partition coefficient (Wildman–Crippen LogP) is 4.50. The molecule has 0 saturated carbocycles. The van der Waals surface area contributed by atoms with Crippen LogP contribution in [0.1, 0.15) is 48.1 Å². The molecule has 0 spiro atoms. The van der Waals surface area contributed by atoms with E-state index in [1.807, 2.05) is 32.9 Å². The zero-order chi connectivity index (χ0) is 22.1. The highest BCUT2D eigenvalue weighted by atomic mass is 32.1. The molecule has 156 valence electrons. The molecule has 0 saturated heterocycles. The van der Waals surface area contributed by atoms with E-state index in [9.17, 15) is 14.4 Å². The second kappa shape index (κ2) is 8.28. The van der Waals surface area contributed by atoms with Crippen molar-refractivity contribution in [2.24, 2.45) is 0 Å². The number of esters is 1. The van der Waals surface area contributed by atoms with Gasteiger partial charge in [-0.3, -0.25) is 9.59 Å². The lowest BCUT2D eigenvalue weighted by molar-refractivity contribution is 0.0460. The standard InChI is InChI=1S/C24H20N2O4S/c1-13-8-10-16(11-9-13)21(27)17-6-4-5-7-18(17)24(29)30-12-19-25-22(28)20-14(2)15(3)31-23(20)26-19/h4-11H,12H2,1-3H3,(H,25,26,28). The van der Waals surface area contributed by atoms with Gasteiger partial charge in [-0.15, -0.1) is 11.3 Å². The van der Waals surface area contributed by atoms with Crippen molar-refractivity contribution >= 4 is 33.3 Å². The first-order chi connectivity index (χ1) is 14.8. The fourth-order valence-electron chi connectivity index (χ4n) is 3.30. The van der Waals surface area contributed by atoms with Gasteiger partial charge in [0, 0.05) is 16.0 Å². The third-order valence-corrected chi connectivity index (χ3v) is 6.23. The van der Waals surface area contributed by atoms with Crippen LogP contribution in [0.25, 0.3) is 10.2 Å². The predicted molar refractivity (Wildman–Crippen MR) is 120 cm³/mol. The summed E-state index contributed by atoms with van der Waals surface area (Å²) in [5, 5.41) is 0.562. The molecule has 4 rings (SSSR count). The lowest BCUT2D eigenvalue weighted by Gasteiger charge is -2.09. The molecule has 0 atom stereocenters. The van der Waals surface area contributed by atoms with Crippen LogP contribution in [-0.2, 0) is 11.3 Å². The number of carbonyl (C=O) groups excluding carboxylic acids is 2. The molecule has 0 bridgehead atoms. The Kier molecular flexibility index (Phi) is 5.52. The van der Waals surface area contributed by atoms with Gasteiger partial charge in [0.15, 0.2) is 5.78 Å². The number of rotatable bonds is 5. The van der Waals surface area contributed by atoms with Gasteiger partial charge in [-0.2, -0.15) is 0 Å². The first-order valence-electron chi connectivity index (χ1n) is 9.71. The van der Waals surface area contributed by atoms with Gasteiger partial charge in [0.25, 0.3) is 5.56 Å². The minimum Gasteiger partial charge on any atom is -0.454 e. The molecule has 0 fully saturated rings. The van der Waals surface area contributed by atoms with E-state index >= 15 is 0 Å². The maximum absolute atomic E-state index is 12.9. The normalized spacial score (nSPS) is 10.9. The van der Waals surface area contributed by atoms with Crippen LogP contribution in [0.15, 0.2) is 53.3 Å². The van der Waals surface area contributed by atoms with E-state index in [2.05, 4.69) is 9.97 Å². The van der Waals surface area contributed by atoms with Crippen molar-refractivity contribution in [3.63, 3.8) is 0 Å². The Morgan fingerprint density at radius 3 is 2.39 bits per heavy atom. The number of benzene rings is 2. The Hall–Kier alpha value is -3.58. The molecule has 0 aliphatic heterocycles. The fourth-order valence-corrected chi connectivity index (χ4v) is 4.35. The molecule has 0 aliphatic rings. The van der Waals surface area contributed by atoms with Gasteiger partial charge in [-0.25, -0.2) is 9.78 Å². The highest BCUT2D eigenvalue weighted by Crippen LogP contribution is 2.25. The van der Waals surface area contributed by atoms with Crippen molar-refractivity contribution in [2.45, 2.75) is 27.4 Å². The molecule has 0 unspecified atom stereocenters. The number of thiophene rings is 1. The molecule has 1 N–H and O–H groups in total. The summed E-state index contributed by atoms with van der Waals surface area (Å²) in [5.41, 5.74) is 2.61. The van der Waals surface area contributed by atoms with E-state index in [-0.39, 0.29) is 34.9 Å². The van der Waals surface area contributed by atoms with Gasteiger partial charge >= 0.3 is 5.97 Å². The molecule has 0 amide bonds. The Morgan fingerprint density at radius 1 is 1.00 bits per heavy atom. The summed E-state index contributed by atoms with van der Waals surface area (Å²) in [4.78, 5) is 46.8. The zero-order valence-corrected chi connectivity index (χ0v) is 18.1. The number of nitrogens with zero attached hydrogens (tertiary/aromatic N) is 1. The van der Waals surface area contributed by atoms with Crippen LogP contribution in [0.2, 0.25) is 0 Å². The second-order valence-electron chi connectivity index (χ2n) is 7.29. The summed E-state index contributed by atoms with van der Waals surface area (Å²) < 4.78 is 5.38. The third kappa shape index (κ3) is 4.04. The number of aromatic nitrogens is 2. The van der Waals surface area contributed by atoms with Crippen molar-refractivity contribution < 1.29 is 14.3 Å². The van der Waals surface area contributed by atoms with E-state index in [4.69, 9.17) is 4.74 Å². The summed E-state index contributed by atoms with van der Waals surface area (Å²) in [7, 11) is 0. The quantitative estimate of drug-likeness (QED) is 0.371. The van der Waals surface area contributed by atoms with Crippen molar-refractivity contribution in [2.75, 3.05) is 0 Å². The van der Waals surface area contributed by atoms with Gasteiger partial charge in [0.1, 0.15) is 17.3 Å². The summed E-state index contributed by atoms with van der Waals surface area (Å²) in [6.45, 7) is 5.55. The van der Waals surface area contributed by atoms with E-state index in [1.54, 1.807) is 36.4 Å². The van der Waals surface area contributed by atoms with Crippen LogP contribution in [-0.4, -0.2) is 21.7 Å². The number of aromatic amines is 1. The second-order valence-corrected chi connectivity index (χ2v) is 8.50. The fraction of sp³-hybridized carbons (Fsp3) is 0.167. The Bertz CT molecular complexity index is 1370. The van der Waals surface area contributed by atoms with Crippen molar-refractivity contribution in [3.8, 4) is 0 Å². The van der Waals surface area contributed by atoms with Crippen LogP contribution >= 0.6 is 11.3 Å². The Balaban J connectivity index is 1.57. The van der Waals surface area contributed by atoms with E-state index in [0.29, 0.717) is 15.8 Å². The Labute approximate surface area is 182 Å². The Morgan fingerprint density at radius 2 is 1.68 bits per heavy atom. The van der Waals surface area contributed by atoms with Gasteiger partial charge in [0.2, 0.25) is 0 Å². The molecule has 0 aliphatic carbocycles. The smallest absolute Gasteiger partial charge is 0.339 e. The first-order valence-corrected chi connectivity index (χ1v) is 10.5. The molecule has 31 heavy (non-hydrogen) atoms. The van der Waals surface area contributed by atoms with Crippen molar-refractivity contribution in [1.82, 2.24) is 9.97 Å². The number of nitrogens with one attached hydrogen (secondary N) is 1. The zero-order valence-electron chi connectivity index (χ0n) is 17.3. The molecule has 2 heterocycles. The number of carbonyl (C=O) groups is 2. The maximum Gasteiger partial charge on any atom is 0.339 e. The van der Waals surface area contributed by atoms with Crippen LogP contribution in [0.5, 0.6) is 0 Å². The minimum absolute atomic E-state index is 0.166. The largest absolute Gasteiger partial charge is 0.454 e. The summed E-state index contributed by atoms with van der Waals surface area (Å²) >= 11 is 1.43. The van der Waals surface area contributed by atoms with E-state index in [0.717, 1.165) is 16.0 Å². The number of H-pyrrole nitrogens is 1. The molecule has 0 radical (unpaired) electrons. The van der Waals surface area contributed by atoms with Crippen LogP contribution in [0.3, 0.4) is 0 Å². The summed E-state index contributed by atoms with van der Waals surface area (Å²) in [6, 6.07) is 13.7. The molecule has 2 aromatic heterocycles. The van der Waals surface area contributed by atoms with Crippen LogP contribution < -0.4 is 5.56 Å². The highest BCUT2D eigenvalue weighted by Gasteiger charge is 2.20. The first kappa shape index (κ1) is 20.7. The van der Waals surface area contributed by atoms with Crippen LogP contribution in [0.4, 0.5) is 0 Å². The van der Waals surface area contributed by atoms with E-state index in [1.165, 1.54) is 11.3 Å². The van der Waals surface area contributed by atoms with Crippen molar-refractivity contribution in [1.29, 1.82) is 0 Å². The van der Waals surface area contributed by atoms with Gasteiger partial charge in [-0.1, -0.05) is 48.0 Å². The SMILES string of the molecule is Cc1ccc(C(=O)c2ccccc2C(=O)OCc2nc3sc(C)c(C)c3c(=O)[nH]2)cc1. The maximum atomic E-state index is 12.9. The summed E-state index contributed by atoms with van der Waals surface area (Å²) in [6.07, 6.45) is 0. The van der Waals surface area contributed by atoms with E-state index < -0.39 is 5.97 Å². The topological polar surface area (TPSA) is 89.1 Å². The lowest BCUT2D eigenvalue weighted by Crippen LogP contribution is -2.16.